The van der Waals surface area contributed by atoms with Gasteiger partial charge in [-0.25, -0.2) is 4.98 Å². The summed E-state index contributed by atoms with van der Waals surface area (Å²) in [5.41, 5.74) is 1.21. The molecule has 0 radical (unpaired) electrons. The molecule has 0 saturated heterocycles. The topological polar surface area (TPSA) is 17.8 Å². The van der Waals surface area contributed by atoms with Crippen LogP contribution in [0.3, 0.4) is 0 Å². The first-order valence-corrected chi connectivity index (χ1v) is 6.11. The lowest BCUT2D eigenvalue weighted by Gasteiger charge is -2.04. The van der Waals surface area contributed by atoms with E-state index in [9.17, 15) is 0 Å². The fraction of sp³-hybridized carbons (Fsp3) is 0.769. The standard InChI is InChI=1S/C13H24N2/c1-11(2)7-5-6-8-15-9-13(12(3)4)14-10-15/h9-12H,5-8H2,1-4H3. The lowest BCUT2D eigenvalue weighted by Crippen LogP contribution is -1.96. The average Bonchev–Trinajstić information content (AvgIpc) is 2.60. The number of imidazole rings is 1. The molecule has 0 aliphatic carbocycles. The molecule has 15 heavy (non-hydrogen) atoms. The van der Waals surface area contributed by atoms with Crippen molar-refractivity contribution in [2.75, 3.05) is 0 Å². The van der Waals surface area contributed by atoms with Gasteiger partial charge in [0.25, 0.3) is 0 Å². The SMILES string of the molecule is CC(C)CCCCn1cnc(C(C)C)c1. The van der Waals surface area contributed by atoms with Gasteiger partial charge in [0, 0.05) is 12.7 Å². The van der Waals surface area contributed by atoms with E-state index in [1.807, 2.05) is 6.33 Å². The molecule has 1 aromatic heterocycles. The first-order valence-electron chi connectivity index (χ1n) is 6.11. The number of aryl methyl sites for hydroxylation is 1. The van der Waals surface area contributed by atoms with Crippen molar-refractivity contribution in [3.05, 3.63) is 18.2 Å². The molecule has 1 aromatic rings. The second kappa shape index (κ2) is 5.94. The van der Waals surface area contributed by atoms with Crippen molar-refractivity contribution in [2.45, 2.75) is 59.4 Å². The molecule has 0 fully saturated rings. The molecular weight excluding hydrogens is 184 g/mol. The van der Waals surface area contributed by atoms with Crippen LogP contribution < -0.4 is 0 Å². The van der Waals surface area contributed by atoms with Crippen LogP contribution in [0.5, 0.6) is 0 Å². The molecule has 0 spiro atoms. The Morgan fingerprint density at radius 3 is 2.47 bits per heavy atom. The Kier molecular flexibility index (Phi) is 4.86. The molecule has 0 aliphatic rings. The normalized spacial score (nSPS) is 11.6. The van der Waals surface area contributed by atoms with Crippen LogP contribution in [0.25, 0.3) is 0 Å². The van der Waals surface area contributed by atoms with Crippen molar-refractivity contribution in [3.8, 4) is 0 Å². The fourth-order valence-corrected chi connectivity index (χ4v) is 1.64. The molecule has 0 aromatic carbocycles. The molecule has 2 nitrogen and oxygen atoms in total. The minimum absolute atomic E-state index is 0.543. The lowest BCUT2D eigenvalue weighted by atomic mass is 10.1. The summed E-state index contributed by atoms with van der Waals surface area (Å²) in [6.45, 7) is 10.1. The van der Waals surface area contributed by atoms with Gasteiger partial charge in [0.15, 0.2) is 0 Å². The molecular formula is C13H24N2. The Bertz CT molecular complexity index is 274. The van der Waals surface area contributed by atoms with E-state index < -0.39 is 0 Å². The highest BCUT2D eigenvalue weighted by atomic mass is 15.0. The van der Waals surface area contributed by atoms with Crippen molar-refractivity contribution < 1.29 is 0 Å². The zero-order valence-corrected chi connectivity index (χ0v) is 10.5. The van der Waals surface area contributed by atoms with Crippen LogP contribution in [-0.4, -0.2) is 9.55 Å². The zero-order chi connectivity index (χ0) is 11.3. The Labute approximate surface area is 93.7 Å². The maximum absolute atomic E-state index is 4.39. The predicted octanol–water partition coefficient (Wildman–Crippen LogP) is 3.83. The summed E-state index contributed by atoms with van der Waals surface area (Å²) in [6.07, 6.45) is 8.08. The molecule has 0 bridgehead atoms. The Hall–Kier alpha value is -0.790. The van der Waals surface area contributed by atoms with Crippen LogP contribution in [0.2, 0.25) is 0 Å². The number of nitrogens with zero attached hydrogens (tertiary/aromatic N) is 2. The maximum atomic E-state index is 4.39. The average molecular weight is 208 g/mol. The monoisotopic (exact) mass is 208 g/mol. The van der Waals surface area contributed by atoms with Gasteiger partial charge in [-0.15, -0.1) is 0 Å². The molecule has 0 N–H and O–H groups in total. The van der Waals surface area contributed by atoms with Gasteiger partial charge in [-0.1, -0.05) is 40.5 Å². The number of rotatable bonds is 6. The summed E-state index contributed by atoms with van der Waals surface area (Å²) in [5, 5.41) is 0. The van der Waals surface area contributed by atoms with Gasteiger partial charge < -0.3 is 4.57 Å². The molecule has 2 heteroatoms. The lowest BCUT2D eigenvalue weighted by molar-refractivity contribution is 0.509. The number of hydrogen-bond donors (Lipinski definition) is 0. The number of unbranched alkanes of at least 4 members (excludes halogenated alkanes) is 1. The largest absolute Gasteiger partial charge is 0.337 e. The smallest absolute Gasteiger partial charge is 0.0949 e. The molecule has 86 valence electrons. The molecule has 0 atom stereocenters. The van der Waals surface area contributed by atoms with Crippen LogP contribution in [0.15, 0.2) is 12.5 Å². The predicted molar refractivity (Wildman–Crippen MR) is 65.0 cm³/mol. The van der Waals surface area contributed by atoms with Gasteiger partial charge >= 0.3 is 0 Å². The van der Waals surface area contributed by atoms with Crippen molar-refractivity contribution in [1.82, 2.24) is 9.55 Å². The van der Waals surface area contributed by atoms with Crippen molar-refractivity contribution in [3.63, 3.8) is 0 Å². The van der Waals surface area contributed by atoms with Crippen LogP contribution in [-0.2, 0) is 6.54 Å². The van der Waals surface area contributed by atoms with Gasteiger partial charge in [-0.05, 0) is 18.3 Å². The molecule has 1 rings (SSSR count). The number of aromatic nitrogens is 2. The van der Waals surface area contributed by atoms with Crippen LogP contribution >= 0.6 is 0 Å². The second-order valence-corrected chi connectivity index (χ2v) is 5.08. The molecule has 0 saturated carbocycles. The quantitative estimate of drug-likeness (QED) is 0.650. The minimum Gasteiger partial charge on any atom is -0.337 e. The van der Waals surface area contributed by atoms with Gasteiger partial charge in [-0.3, -0.25) is 0 Å². The van der Waals surface area contributed by atoms with E-state index in [1.54, 1.807) is 0 Å². The highest BCUT2D eigenvalue weighted by Gasteiger charge is 2.02. The van der Waals surface area contributed by atoms with E-state index in [1.165, 1.54) is 25.0 Å². The van der Waals surface area contributed by atoms with Crippen LogP contribution in [0.4, 0.5) is 0 Å². The summed E-state index contributed by atoms with van der Waals surface area (Å²) < 4.78 is 2.22. The van der Waals surface area contributed by atoms with E-state index >= 15 is 0 Å². The van der Waals surface area contributed by atoms with E-state index in [2.05, 4.69) is 43.4 Å². The molecule has 0 unspecified atom stereocenters. The fourth-order valence-electron chi connectivity index (χ4n) is 1.64. The summed E-state index contributed by atoms with van der Waals surface area (Å²) in [6, 6.07) is 0. The second-order valence-electron chi connectivity index (χ2n) is 5.08. The van der Waals surface area contributed by atoms with Gasteiger partial charge in [0.1, 0.15) is 0 Å². The first-order chi connectivity index (χ1) is 7.09. The molecule has 0 aliphatic heterocycles. The summed E-state index contributed by atoms with van der Waals surface area (Å²) >= 11 is 0. The first kappa shape index (κ1) is 12.3. The Morgan fingerprint density at radius 2 is 1.93 bits per heavy atom. The molecule has 1 heterocycles. The summed E-state index contributed by atoms with van der Waals surface area (Å²) in [4.78, 5) is 4.39. The van der Waals surface area contributed by atoms with Crippen LogP contribution in [0.1, 0.15) is 58.6 Å². The van der Waals surface area contributed by atoms with E-state index in [-0.39, 0.29) is 0 Å². The Balaban J connectivity index is 2.26. The third kappa shape index (κ3) is 4.50. The summed E-state index contributed by atoms with van der Waals surface area (Å²) in [7, 11) is 0. The van der Waals surface area contributed by atoms with E-state index in [0.29, 0.717) is 5.92 Å². The van der Waals surface area contributed by atoms with E-state index in [4.69, 9.17) is 0 Å². The van der Waals surface area contributed by atoms with Gasteiger partial charge in [0.2, 0.25) is 0 Å². The van der Waals surface area contributed by atoms with Crippen molar-refractivity contribution in [1.29, 1.82) is 0 Å². The third-order valence-corrected chi connectivity index (χ3v) is 2.69. The summed E-state index contributed by atoms with van der Waals surface area (Å²) in [5.74, 6) is 1.38. The van der Waals surface area contributed by atoms with Gasteiger partial charge in [-0.2, -0.15) is 0 Å². The van der Waals surface area contributed by atoms with Crippen molar-refractivity contribution in [2.24, 2.45) is 5.92 Å². The Morgan fingerprint density at radius 1 is 1.20 bits per heavy atom. The highest BCUT2D eigenvalue weighted by Crippen LogP contribution is 2.12. The highest BCUT2D eigenvalue weighted by molar-refractivity contribution is 5.01. The third-order valence-electron chi connectivity index (χ3n) is 2.69. The minimum atomic E-state index is 0.543. The molecule has 0 amide bonds. The van der Waals surface area contributed by atoms with Gasteiger partial charge in [0.05, 0.1) is 12.0 Å². The number of hydrogen-bond acceptors (Lipinski definition) is 1. The maximum Gasteiger partial charge on any atom is 0.0949 e. The van der Waals surface area contributed by atoms with E-state index in [0.717, 1.165) is 12.5 Å². The van der Waals surface area contributed by atoms with Crippen LogP contribution in [0, 0.1) is 5.92 Å². The van der Waals surface area contributed by atoms with Crippen molar-refractivity contribution >= 4 is 0 Å². The zero-order valence-electron chi connectivity index (χ0n) is 10.5.